The van der Waals surface area contributed by atoms with Gasteiger partial charge in [0.25, 0.3) is 0 Å². The second-order valence-corrected chi connectivity index (χ2v) is 9.93. The summed E-state index contributed by atoms with van der Waals surface area (Å²) < 4.78 is 11.9. The van der Waals surface area contributed by atoms with Crippen molar-refractivity contribution in [3.8, 4) is 5.75 Å². The van der Waals surface area contributed by atoms with E-state index >= 15 is 0 Å². The SMILES string of the molecule is CN(CCN1CCCCC1)C(=O)C1CCC2(CC1)OC(=O)c1cc(OC3CNC3)ccc12. The molecule has 1 aromatic rings. The number of carbonyl (C=O) groups is 2. The molecule has 0 bridgehead atoms. The summed E-state index contributed by atoms with van der Waals surface area (Å²) in [5.41, 5.74) is 1.01. The van der Waals surface area contributed by atoms with Crippen LogP contribution in [-0.4, -0.2) is 74.1 Å². The molecule has 0 unspecified atom stereocenters. The Hall–Kier alpha value is -2.12. The van der Waals surface area contributed by atoms with Crippen molar-refractivity contribution in [2.24, 2.45) is 5.92 Å². The van der Waals surface area contributed by atoms with Gasteiger partial charge >= 0.3 is 5.97 Å². The predicted molar refractivity (Wildman–Crippen MR) is 121 cm³/mol. The van der Waals surface area contributed by atoms with Crippen molar-refractivity contribution in [1.29, 1.82) is 0 Å². The van der Waals surface area contributed by atoms with E-state index in [1.807, 2.05) is 30.1 Å². The number of rotatable bonds is 6. The molecule has 3 aliphatic heterocycles. The van der Waals surface area contributed by atoms with Crippen LogP contribution in [0.5, 0.6) is 5.75 Å². The third-order valence-electron chi connectivity index (χ3n) is 7.76. The number of esters is 1. The van der Waals surface area contributed by atoms with Crippen LogP contribution in [0.3, 0.4) is 0 Å². The lowest BCUT2D eigenvalue weighted by Crippen LogP contribution is -2.50. The Kier molecular flexibility index (Phi) is 6.12. The molecule has 7 heteroatoms. The van der Waals surface area contributed by atoms with Crippen molar-refractivity contribution in [3.05, 3.63) is 29.3 Å². The van der Waals surface area contributed by atoms with E-state index in [1.54, 1.807) is 0 Å². The average Bonchev–Trinajstić information content (AvgIpc) is 3.06. The number of fused-ring (bicyclic) bond motifs is 2. The molecule has 0 radical (unpaired) electrons. The summed E-state index contributed by atoms with van der Waals surface area (Å²) in [5.74, 6) is 0.715. The number of likely N-dealkylation sites (N-methyl/N-ethyl adjacent to an activating group) is 1. The van der Waals surface area contributed by atoms with Gasteiger partial charge < -0.3 is 24.6 Å². The Morgan fingerprint density at radius 2 is 1.97 bits per heavy atom. The van der Waals surface area contributed by atoms with Gasteiger partial charge in [-0.05, 0) is 63.7 Å². The maximum Gasteiger partial charge on any atom is 0.339 e. The summed E-state index contributed by atoms with van der Waals surface area (Å²) in [4.78, 5) is 30.1. The van der Waals surface area contributed by atoms with Crippen LogP contribution in [0.4, 0.5) is 0 Å². The van der Waals surface area contributed by atoms with E-state index in [2.05, 4.69) is 10.2 Å². The van der Waals surface area contributed by atoms with E-state index in [0.29, 0.717) is 18.4 Å². The number of piperidine rings is 1. The predicted octanol–water partition coefficient (Wildman–Crippen LogP) is 2.54. The number of hydrogen-bond donors (Lipinski definition) is 1. The van der Waals surface area contributed by atoms with E-state index in [0.717, 1.165) is 63.4 Å². The fraction of sp³-hybridized carbons (Fsp3) is 0.680. The van der Waals surface area contributed by atoms with Crippen LogP contribution in [0, 0.1) is 5.92 Å². The van der Waals surface area contributed by atoms with E-state index in [9.17, 15) is 9.59 Å². The average molecular weight is 442 g/mol. The van der Waals surface area contributed by atoms with Gasteiger partial charge in [0.15, 0.2) is 0 Å². The number of nitrogens with one attached hydrogen (secondary N) is 1. The van der Waals surface area contributed by atoms with E-state index in [1.165, 1.54) is 19.3 Å². The van der Waals surface area contributed by atoms with Crippen LogP contribution in [0.2, 0.25) is 0 Å². The summed E-state index contributed by atoms with van der Waals surface area (Å²) in [6.07, 6.45) is 6.96. The Balaban J connectivity index is 1.18. The smallest absolute Gasteiger partial charge is 0.339 e. The fourth-order valence-corrected chi connectivity index (χ4v) is 5.59. The summed E-state index contributed by atoms with van der Waals surface area (Å²) in [6, 6.07) is 5.78. The molecule has 1 spiro atoms. The third-order valence-corrected chi connectivity index (χ3v) is 7.76. The summed E-state index contributed by atoms with van der Waals surface area (Å²) in [5, 5.41) is 3.18. The standard InChI is InChI=1S/C25H35N3O4/c1-27(13-14-28-11-3-2-4-12-28)23(29)18-7-9-25(10-8-18)22-6-5-19(31-20-16-26-17-20)15-21(22)24(30)32-25/h5-6,15,18,20,26H,2-4,7-14,16-17H2,1H3. The molecule has 5 rings (SSSR count). The lowest BCUT2D eigenvalue weighted by atomic mass is 9.74. The van der Waals surface area contributed by atoms with E-state index < -0.39 is 5.60 Å². The summed E-state index contributed by atoms with van der Waals surface area (Å²) >= 11 is 0. The molecular formula is C25H35N3O4. The van der Waals surface area contributed by atoms with Gasteiger partial charge in [-0.25, -0.2) is 4.79 Å². The first-order valence-corrected chi connectivity index (χ1v) is 12.3. The number of hydrogen-bond acceptors (Lipinski definition) is 6. The van der Waals surface area contributed by atoms with E-state index in [4.69, 9.17) is 9.47 Å². The molecule has 7 nitrogen and oxygen atoms in total. The number of nitrogens with zero attached hydrogens (tertiary/aromatic N) is 2. The molecule has 4 aliphatic rings. The number of ether oxygens (including phenoxy) is 2. The number of carbonyl (C=O) groups excluding carboxylic acids is 2. The van der Waals surface area contributed by atoms with Gasteiger partial charge in [-0.15, -0.1) is 0 Å². The zero-order chi connectivity index (χ0) is 22.1. The number of amides is 1. The first-order chi connectivity index (χ1) is 15.5. The zero-order valence-corrected chi connectivity index (χ0v) is 19.1. The zero-order valence-electron chi connectivity index (χ0n) is 19.1. The lowest BCUT2D eigenvalue weighted by molar-refractivity contribution is -0.137. The normalized spacial score (nSPS) is 28.2. The molecule has 1 N–H and O–H groups in total. The third kappa shape index (κ3) is 4.25. The van der Waals surface area contributed by atoms with Crippen molar-refractivity contribution in [3.63, 3.8) is 0 Å². The topological polar surface area (TPSA) is 71.1 Å². The monoisotopic (exact) mass is 441 g/mol. The lowest BCUT2D eigenvalue weighted by Gasteiger charge is -2.37. The molecule has 1 saturated carbocycles. The van der Waals surface area contributed by atoms with Crippen molar-refractivity contribution in [2.45, 2.75) is 56.7 Å². The summed E-state index contributed by atoms with van der Waals surface area (Å²) in [7, 11) is 1.93. The largest absolute Gasteiger partial charge is 0.488 e. The van der Waals surface area contributed by atoms with Gasteiger partial charge in [0.2, 0.25) is 5.91 Å². The highest BCUT2D eigenvalue weighted by atomic mass is 16.6. The number of likely N-dealkylation sites (tertiary alicyclic amines) is 1. The van der Waals surface area contributed by atoms with Crippen LogP contribution < -0.4 is 10.1 Å². The van der Waals surface area contributed by atoms with Gasteiger partial charge in [-0.3, -0.25) is 4.79 Å². The van der Waals surface area contributed by atoms with Crippen molar-refractivity contribution in [1.82, 2.24) is 15.1 Å². The minimum atomic E-state index is -0.577. The minimum absolute atomic E-state index is 0.0171. The Morgan fingerprint density at radius 3 is 2.66 bits per heavy atom. The molecule has 3 heterocycles. The molecule has 2 saturated heterocycles. The maximum atomic E-state index is 13.0. The van der Waals surface area contributed by atoms with Crippen LogP contribution in [0.1, 0.15) is 60.9 Å². The van der Waals surface area contributed by atoms with Gasteiger partial charge in [-0.1, -0.05) is 12.5 Å². The maximum absolute atomic E-state index is 13.0. The molecule has 1 amide bonds. The fourth-order valence-electron chi connectivity index (χ4n) is 5.59. The molecule has 0 aromatic heterocycles. The van der Waals surface area contributed by atoms with Crippen molar-refractivity contribution >= 4 is 11.9 Å². The van der Waals surface area contributed by atoms with E-state index in [-0.39, 0.29) is 23.9 Å². The highest BCUT2D eigenvalue weighted by Gasteiger charge is 2.48. The molecule has 1 aromatic carbocycles. The molecule has 0 atom stereocenters. The van der Waals surface area contributed by atoms with Crippen molar-refractivity contribution < 1.29 is 19.1 Å². The quantitative estimate of drug-likeness (QED) is 0.684. The molecule has 1 aliphatic carbocycles. The molecule has 174 valence electrons. The first kappa shape index (κ1) is 21.7. The van der Waals surface area contributed by atoms with Crippen LogP contribution >= 0.6 is 0 Å². The van der Waals surface area contributed by atoms with Gasteiger partial charge in [0, 0.05) is 44.7 Å². The minimum Gasteiger partial charge on any atom is -0.488 e. The second kappa shape index (κ2) is 9.02. The van der Waals surface area contributed by atoms with Gasteiger partial charge in [0.05, 0.1) is 5.56 Å². The number of benzene rings is 1. The van der Waals surface area contributed by atoms with Crippen LogP contribution in [0.15, 0.2) is 18.2 Å². The van der Waals surface area contributed by atoms with Crippen LogP contribution in [0.25, 0.3) is 0 Å². The highest BCUT2D eigenvalue weighted by molar-refractivity contribution is 5.95. The highest BCUT2D eigenvalue weighted by Crippen LogP contribution is 2.49. The summed E-state index contributed by atoms with van der Waals surface area (Å²) in [6.45, 7) is 5.75. The molecule has 3 fully saturated rings. The second-order valence-electron chi connectivity index (χ2n) is 9.93. The van der Waals surface area contributed by atoms with Gasteiger partial charge in [0.1, 0.15) is 17.5 Å². The van der Waals surface area contributed by atoms with Crippen LogP contribution in [-0.2, 0) is 15.1 Å². The van der Waals surface area contributed by atoms with Gasteiger partial charge in [-0.2, -0.15) is 0 Å². The Morgan fingerprint density at radius 1 is 1.22 bits per heavy atom. The Bertz CT molecular complexity index is 855. The first-order valence-electron chi connectivity index (χ1n) is 12.3. The molecular weight excluding hydrogens is 406 g/mol. The Labute approximate surface area is 190 Å². The van der Waals surface area contributed by atoms with Crippen molar-refractivity contribution in [2.75, 3.05) is 46.3 Å². The molecule has 32 heavy (non-hydrogen) atoms.